The second-order valence-corrected chi connectivity index (χ2v) is 4.84. The van der Waals surface area contributed by atoms with Gasteiger partial charge in [-0.25, -0.2) is 13.8 Å². The van der Waals surface area contributed by atoms with Crippen LogP contribution in [0.25, 0.3) is 0 Å². The van der Waals surface area contributed by atoms with Gasteiger partial charge in [0.2, 0.25) is 0 Å². The topological polar surface area (TPSA) is 88.2 Å². The average Bonchev–Trinajstić information content (AvgIpc) is 2.85. The zero-order chi connectivity index (χ0) is 14.7. The summed E-state index contributed by atoms with van der Waals surface area (Å²) in [5, 5.41) is 13.5. The third-order valence-electron chi connectivity index (χ3n) is 2.55. The predicted octanol–water partition coefficient (Wildman–Crippen LogP) is 2.12. The average molecular weight is 299 g/mol. The molecule has 0 amide bonds. The van der Waals surface area contributed by atoms with Gasteiger partial charge in [-0.3, -0.25) is 4.79 Å². The maximum Gasteiger partial charge on any atom is 0.326 e. The van der Waals surface area contributed by atoms with Crippen molar-refractivity contribution in [1.29, 1.82) is 0 Å². The van der Waals surface area contributed by atoms with Crippen LogP contribution in [0.1, 0.15) is 17.3 Å². The first-order chi connectivity index (χ1) is 9.47. The number of rotatable bonds is 5. The van der Waals surface area contributed by atoms with Gasteiger partial charge in [-0.1, -0.05) is 6.07 Å². The zero-order valence-electron chi connectivity index (χ0n) is 10.1. The minimum Gasteiger partial charge on any atom is -0.480 e. The lowest BCUT2D eigenvalue weighted by Crippen LogP contribution is -2.20. The number of hydrogen-bond acceptors (Lipinski definition) is 5. The van der Waals surface area contributed by atoms with Crippen LogP contribution in [0.5, 0.6) is 0 Å². The summed E-state index contributed by atoms with van der Waals surface area (Å²) in [6.45, 7) is 0.112. The number of thiazole rings is 1. The highest BCUT2D eigenvalue weighted by Gasteiger charge is 2.17. The maximum atomic E-state index is 13.4. The van der Waals surface area contributed by atoms with E-state index >= 15 is 0 Å². The van der Waals surface area contributed by atoms with E-state index in [2.05, 4.69) is 10.3 Å². The Morgan fingerprint density at radius 3 is 2.90 bits per heavy atom. The third-order valence-corrected chi connectivity index (χ3v) is 3.37. The van der Waals surface area contributed by atoms with Gasteiger partial charge in [0.05, 0.1) is 5.69 Å². The maximum absolute atomic E-state index is 13.4. The molecule has 0 aliphatic rings. The van der Waals surface area contributed by atoms with Gasteiger partial charge in [-0.15, -0.1) is 11.3 Å². The van der Waals surface area contributed by atoms with E-state index in [1.165, 1.54) is 11.4 Å². The Morgan fingerprint density at radius 2 is 2.25 bits per heavy atom. The van der Waals surface area contributed by atoms with Crippen molar-refractivity contribution in [2.24, 2.45) is 5.73 Å². The molecule has 0 saturated heterocycles. The summed E-state index contributed by atoms with van der Waals surface area (Å²) in [5.74, 6) is -2.47. The molecule has 2 rings (SSSR count). The molecular formula is C12H11F2N3O2S. The van der Waals surface area contributed by atoms with Gasteiger partial charge in [0.15, 0.2) is 5.13 Å². The summed E-state index contributed by atoms with van der Waals surface area (Å²) in [6.07, 6.45) is 0. The van der Waals surface area contributed by atoms with Crippen molar-refractivity contribution in [2.75, 3.05) is 5.32 Å². The minimum absolute atomic E-state index is 0.112. The van der Waals surface area contributed by atoms with Crippen LogP contribution < -0.4 is 11.1 Å². The number of benzene rings is 1. The van der Waals surface area contributed by atoms with Gasteiger partial charge in [0, 0.05) is 23.6 Å². The highest BCUT2D eigenvalue weighted by atomic mass is 32.1. The minimum atomic E-state index is -1.19. The second-order valence-electron chi connectivity index (χ2n) is 3.98. The molecule has 106 valence electrons. The smallest absolute Gasteiger partial charge is 0.326 e. The van der Waals surface area contributed by atoms with Gasteiger partial charge in [-0.2, -0.15) is 0 Å². The number of carboxylic acid groups (broad SMARTS) is 1. The fourth-order valence-corrected chi connectivity index (χ4v) is 2.22. The molecule has 1 aromatic heterocycles. The van der Waals surface area contributed by atoms with Crippen LogP contribution in [0.2, 0.25) is 0 Å². The SMILES string of the molecule is NC(C(=O)O)c1csc(NCc2ccc(F)cc2F)n1. The van der Waals surface area contributed by atoms with Crippen LogP contribution in [0.3, 0.4) is 0 Å². The first kappa shape index (κ1) is 14.4. The Kier molecular flexibility index (Phi) is 4.26. The van der Waals surface area contributed by atoms with E-state index in [-0.39, 0.29) is 17.8 Å². The molecule has 0 saturated carbocycles. The van der Waals surface area contributed by atoms with Gasteiger partial charge < -0.3 is 16.2 Å². The molecule has 8 heteroatoms. The number of nitrogens with one attached hydrogen (secondary N) is 1. The summed E-state index contributed by atoms with van der Waals surface area (Å²) < 4.78 is 26.1. The fourth-order valence-electron chi connectivity index (χ4n) is 1.47. The Balaban J connectivity index is 2.02. The van der Waals surface area contributed by atoms with E-state index in [1.54, 1.807) is 0 Å². The number of anilines is 1. The van der Waals surface area contributed by atoms with E-state index in [4.69, 9.17) is 10.8 Å². The third kappa shape index (κ3) is 3.28. The number of carboxylic acids is 1. The van der Waals surface area contributed by atoms with Crippen LogP contribution in [0.15, 0.2) is 23.6 Å². The Morgan fingerprint density at radius 1 is 1.50 bits per heavy atom. The van der Waals surface area contributed by atoms with E-state index < -0.39 is 23.6 Å². The van der Waals surface area contributed by atoms with Crippen molar-refractivity contribution < 1.29 is 18.7 Å². The molecule has 1 aromatic carbocycles. The molecule has 0 radical (unpaired) electrons. The number of halogens is 2. The van der Waals surface area contributed by atoms with Crippen molar-refractivity contribution in [3.8, 4) is 0 Å². The van der Waals surface area contributed by atoms with Crippen LogP contribution in [0.4, 0.5) is 13.9 Å². The van der Waals surface area contributed by atoms with Crippen LogP contribution in [-0.2, 0) is 11.3 Å². The molecule has 20 heavy (non-hydrogen) atoms. The van der Waals surface area contributed by atoms with Crippen molar-refractivity contribution >= 4 is 22.4 Å². The molecule has 4 N–H and O–H groups in total. The summed E-state index contributed by atoms with van der Waals surface area (Å²) in [7, 11) is 0. The molecule has 0 fully saturated rings. The van der Waals surface area contributed by atoms with Crippen molar-refractivity contribution in [2.45, 2.75) is 12.6 Å². The zero-order valence-corrected chi connectivity index (χ0v) is 11.0. The summed E-state index contributed by atoms with van der Waals surface area (Å²) in [6, 6.07) is 2.09. The van der Waals surface area contributed by atoms with Gasteiger partial charge >= 0.3 is 5.97 Å². The van der Waals surface area contributed by atoms with Gasteiger partial charge in [0.25, 0.3) is 0 Å². The monoisotopic (exact) mass is 299 g/mol. The quantitative estimate of drug-likeness (QED) is 0.787. The number of nitrogens with zero attached hydrogens (tertiary/aromatic N) is 1. The summed E-state index contributed by atoms with van der Waals surface area (Å²) >= 11 is 1.16. The number of aliphatic carboxylic acids is 1. The molecule has 0 aliphatic heterocycles. The number of hydrogen-bond donors (Lipinski definition) is 3. The predicted molar refractivity (Wildman–Crippen MR) is 70.4 cm³/mol. The van der Waals surface area contributed by atoms with Crippen LogP contribution in [-0.4, -0.2) is 16.1 Å². The van der Waals surface area contributed by atoms with Crippen molar-refractivity contribution in [3.63, 3.8) is 0 Å². The largest absolute Gasteiger partial charge is 0.480 e. The molecule has 5 nitrogen and oxygen atoms in total. The van der Waals surface area contributed by atoms with Crippen LogP contribution >= 0.6 is 11.3 Å². The molecule has 0 aliphatic carbocycles. The van der Waals surface area contributed by atoms with E-state index in [9.17, 15) is 13.6 Å². The lowest BCUT2D eigenvalue weighted by Gasteiger charge is -2.05. The van der Waals surface area contributed by atoms with E-state index in [0.29, 0.717) is 5.13 Å². The molecule has 1 atom stereocenters. The van der Waals surface area contributed by atoms with E-state index in [1.807, 2.05) is 0 Å². The van der Waals surface area contributed by atoms with Crippen molar-refractivity contribution in [3.05, 3.63) is 46.5 Å². The first-order valence-electron chi connectivity index (χ1n) is 5.59. The Hall–Kier alpha value is -2.06. The van der Waals surface area contributed by atoms with Gasteiger partial charge in [0.1, 0.15) is 17.7 Å². The summed E-state index contributed by atoms with van der Waals surface area (Å²) in [4.78, 5) is 14.7. The number of aromatic nitrogens is 1. The Labute approximate surface area is 117 Å². The molecule has 0 spiro atoms. The highest BCUT2D eigenvalue weighted by molar-refractivity contribution is 7.13. The molecular weight excluding hydrogens is 288 g/mol. The fraction of sp³-hybridized carbons (Fsp3) is 0.167. The lowest BCUT2D eigenvalue weighted by molar-refractivity contribution is -0.138. The lowest BCUT2D eigenvalue weighted by atomic mass is 10.2. The Bertz CT molecular complexity index is 633. The summed E-state index contributed by atoms with van der Waals surface area (Å²) in [5.41, 5.74) is 5.92. The molecule has 1 heterocycles. The highest BCUT2D eigenvalue weighted by Crippen LogP contribution is 2.21. The molecule has 2 aromatic rings. The normalized spacial score (nSPS) is 12.2. The number of carbonyl (C=O) groups is 1. The number of nitrogens with two attached hydrogens (primary N) is 1. The molecule has 1 unspecified atom stereocenters. The second kappa shape index (κ2) is 5.93. The standard InChI is InChI=1S/C12H11F2N3O2S/c13-7-2-1-6(8(14)3-7)4-16-12-17-9(5-20-12)10(15)11(18)19/h1-3,5,10H,4,15H2,(H,16,17)(H,18,19). The molecule has 0 bridgehead atoms. The van der Waals surface area contributed by atoms with Gasteiger partial charge in [-0.05, 0) is 6.07 Å². The van der Waals surface area contributed by atoms with E-state index in [0.717, 1.165) is 23.5 Å². The first-order valence-corrected chi connectivity index (χ1v) is 6.47. The van der Waals surface area contributed by atoms with Crippen LogP contribution in [0, 0.1) is 11.6 Å². The van der Waals surface area contributed by atoms with Crippen molar-refractivity contribution in [1.82, 2.24) is 4.98 Å².